The van der Waals surface area contributed by atoms with Crippen molar-refractivity contribution in [1.29, 1.82) is 0 Å². The molecule has 0 unspecified atom stereocenters. The predicted octanol–water partition coefficient (Wildman–Crippen LogP) is 2.52. The second-order valence-electron chi connectivity index (χ2n) is 5.30. The van der Waals surface area contributed by atoms with E-state index in [9.17, 15) is 5.11 Å². The summed E-state index contributed by atoms with van der Waals surface area (Å²) in [6.45, 7) is 6.48. The fraction of sp³-hybridized carbons (Fsp3) is 0.571. The summed E-state index contributed by atoms with van der Waals surface area (Å²) in [4.78, 5) is 13.6. The SMILES string of the molecule is Cc1sc2ncnc(N3CCC[C@H](CO)C3)c2c1C. The van der Waals surface area contributed by atoms with Gasteiger partial charge >= 0.3 is 0 Å². The van der Waals surface area contributed by atoms with E-state index >= 15 is 0 Å². The van der Waals surface area contributed by atoms with E-state index in [1.54, 1.807) is 17.7 Å². The lowest BCUT2D eigenvalue weighted by molar-refractivity contribution is 0.208. The van der Waals surface area contributed by atoms with Crippen molar-refractivity contribution < 1.29 is 5.11 Å². The molecule has 0 spiro atoms. The van der Waals surface area contributed by atoms with Crippen LogP contribution in [-0.4, -0.2) is 34.8 Å². The van der Waals surface area contributed by atoms with Crippen molar-refractivity contribution in [3.63, 3.8) is 0 Å². The second-order valence-corrected chi connectivity index (χ2v) is 6.50. The Bertz CT molecular complexity index is 596. The van der Waals surface area contributed by atoms with Gasteiger partial charge in [0.05, 0.1) is 5.39 Å². The zero-order valence-electron chi connectivity index (χ0n) is 11.4. The van der Waals surface area contributed by atoms with Crippen LogP contribution in [0.15, 0.2) is 6.33 Å². The topological polar surface area (TPSA) is 49.2 Å². The lowest BCUT2D eigenvalue weighted by Crippen LogP contribution is -2.37. The zero-order valence-corrected chi connectivity index (χ0v) is 12.2. The van der Waals surface area contributed by atoms with Crippen molar-refractivity contribution in [2.24, 2.45) is 5.92 Å². The highest BCUT2D eigenvalue weighted by Gasteiger charge is 2.23. The van der Waals surface area contributed by atoms with Crippen LogP contribution < -0.4 is 4.90 Å². The lowest BCUT2D eigenvalue weighted by Gasteiger charge is -2.33. The van der Waals surface area contributed by atoms with Crippen molar-refractivity contribution >= 4 is 27.4 Å². The first-order valence-electron chi connectivity index (χ1n) is 6.77. The molecule has 0 amide bonds. The van der Waals surface area contributed by atoms with Crippen LogP contribution in [-0.2, 0) is 0 Å². The summed E-state index contributed by atoms with van der Waals surface area (Å²) >= 11 is 1.74. The quantitative estimate of drug-likeness (QED) is 0.916. The van der Waals surface area contributed by atoms with Crippen LogP contribution in [0.4, 0.5) is 5.82 Å². The van der Waals surface area contributed by atoms with Gasteiger partial charge in [0.1, 0.15) is 17.0 Å². The number of aryl methyl sites for hydroxylation is 2. The molecule has 1 N–H and O–H groups in total. The van der Waals surface area contributed by atoms with Gasteiger partial charge in [0.2, 0.25) is 0 Å². The van der Waals surface area contributed by atoms with Gasteiger partial charge in [0, 0.05) is 24.6 Å². The fourth-order valence-electron chi connectivity index (χ4n) is 2.81. The maximum Gasteiger partial charge on any atom is 0.141 e. The number of fused-ring (bicyclic) bond motifs is 1. The maximum absolute atomic E-state index is 9.37. The van der Waals surface area contributed by atoms with Gasteiger partial charge in [-0.1, -0.05) is 0 Å². The molecule has 1 atom stereocenters. The standard InChI is InChI=1S/C14H19N3OS/c1-9-10(2)19-14-12(9)13(15-8-16-14)17-5-3-4-11(6-17)7-18/h8,11,18H,3-7H2,1-2H3/t11-/m0/s1. The molecule has 1 aliphatic heterocycles. The Labute approximate surface area is 117 Å². The molecule has 2 aromatic heterocycles. The van der Waals surface area contributed by atoms with Gasteiger partial charge in [-0.25, -0.2) is 9.97 Å². The molecule has 1 fully saturated rings. The van der Waals surface area contributed by atoms with Gasteiger partial charge in [0.25, 0.3) is 0 Å². The highest BCUT2D eigenvalue weighted by Crippen LogP contribution is 2.35. The largest absolute Gasteiger partial charge is 0.396 e. The second kappa shape index (κ2) is 5.06. The number of aliphatic hydroxyl groups excluding tert-OH is 1. The molecule has 3 heterocycles. The van der Waals surface area contributed by atoms with Gasteiger partial charge in [-0.2, -0.15) is 0 Å². The van der Waals surface area contributed by atoms with Crippen molar-refractivity contribution in [1.82, 2.24) is 9.97 Å². The minimum Gasteiger partial charge on any atom is -0.396 e. The predicted molar refractivity (Wildman–Crippen MR) is 78.9 cm³/mol. The van der Waals surface area contributed by atoms with Gasteiger partial charge in [-0.15, -0.1) is 11.3 Å². The molecule has 0 radical (unpaired) electrons. The number of piperidine rings is 1. The van der Waals surface area contributed by atoms with Crippen LogP contribution in [0.2, 0.25) is 0 Å². The smallest absolute Gasteiger partial charge is 0.141 e. The molecule has 0 aliphatic carbocycles. The van der Waals surface area contributed by atoms with Crippen molar-refractivity contribution in [2.45, 2.75) is 26.7 Å². The van der Waals surface area contributed by atoms with Crippen LogP contribution in [0.5, 0.6) is 0 Å². The van der Waals surface area contributed by atoms with Crippen LogP contribution in [0.1, 0.15) is 23.3 Å². The third-order valence-corrected chi connectivity index (χ3v) is 5.14. The van der Waals surface area contributed by atoms with Crippen molar-refractivity contribution in [3.8, 4) is 0 Å². The molecule has 5 heteroatoms. The fourth-order valence-corrected chi connectivity index (χ4v) is 3.80. The third kappa shape index (κ3) is 2.21. The molecular formula is C14H19N3OS. The van der Waals surface area contributed by atoms with Crippen LogP contribution in [0.3, 0.4) is 0 Å². The Kier molecular flexibility index (Phi) is 3.41. The Morgan fingerprint density at radius 3 is 3.05 bits per heavy atom. The summed E-state index contributed by atoms with van der Waals surface area (Å²) in [7, 11) is 0. The van der Waals surface area contributed by atoms with Gasteiger partial charge in [-0.3, -0.25) is 0 Å². The maximum atomic E-state index is 9.37. The number of nitrogens with zero attached hydrogens (tertiary/aromatic N) is 3. The minimum atomic E-state index is 0.270. The van der Waals surface area contributed by atoms with E-state index in [1.165, 1.54) is 15.8 Å². The molecule has 0 saturated carbocycles. The molecule has 2 aromatic rings. The average Bonchev–Trinajstić information content (AvgIpc) is 2.74. The Balaban J connectivity index is 2.04. The molecule has 0 bridgehead atoms. The van der Waals surface area contributed by atoms with E-state index in [4.69, 9.17) is 0 Å². The average molecular weight is 277 g/mol. The summed E-state index contributed by atoms with van der Waals surface area (Å²) in [6.07, 6.45) is 3.90. The van der Waals surface area contributed by atoms with Gasteiger partial charge < -0.3 is 10.0 Å². The number of aromatic nitrogens is 2. The highest BCUT2D eigenvalue weighted by molar-refractivity contribution is 7.18. The Morgan fingerprint density at radius 2 is 2.26 bits per heavy atom. The molecule has 102 valence electrons. The van der Waals surface area contributed by atoms with Crippen LogP contribution in [0, 0.1) is 19.8 Å². The summed E-state index contributed by atoms with van der Waals surface area (Å²) < 4.78 is 0. The highest BCUT2D eigenvalue weighted by atomic mass is 32.1. The molecule has 3 rings (SSSR count). The summed E-state index contributed by atoms with van der Waals surface area (Å²) in [5.74, 6) is 1.42. The van der Waals surface area contributed by atoms with Crippen molar-refractivity contribution in [3.05, 3.63) is 16.8 Å². The lowest BCUT2D eigenvalue weighted by atomic mass is 9.99. The van der Waals surface area contributed by atoms with Crippen LogP contribution >= 0.6 is 11.3 Å². The normalized spacial score (nSPS) is 20.2. The molecule has 1 saturated heterocycles. The van der Waals surface area contributed by atoms with E-state index in [1.807, 2.05) is 0 Å². The Morgan fingerprint density at radius 1 is 1.42 bits per heavy atom. The number of hydrogen-bond acceptors (Lipinski definition) is 5. The van der Waals surface area contributed by atoms with Gasteiger partial charge in [-0.05, 0) is 38.2 Å². The molecule has 19 heavy (non-hydrogen) atoms. The zero-order chi connectivity index (χ0) is 13.4. The molecule has 1 aliphatic rings. The summed E-state index contributed by atoms with van der Waals surface area (Å²) in [6, 6.07) is 0. The number of thiophene rings is 1. The van der Waals surface area contributed by atoms with E-state index in [-0.39, 0.29) is 6.61 Å². The van der Waals surface area contributed by atoms with E-state index in [2.05, 4.69) is 28.7 Å². The van der Waals surface area contributed by atoms with Crippen LogP contribution in [0.25, 0.3) is 10.2 Å². The summed E-state index contributed by atoms with van der Waals surface area (Å²) in [5, 5.41) is 10.6. The minimum absolute atomic E-state index is 0.270. The first-order valence-corrected chi connectivity index (χ1v) is 7.59. The number of anilines is 1. The summed E-state index contributed by atoms with van der Waals surface area (Å²) in [5.41, 5.74) is 1.29. The third-order valence-electron chi connectivity index (χ3n) is 4.02. The molecule has 4 nitrogen and oxygen atoms in total. The van der Waals surface area contributed by atoms with E-state index < -0.39 is 0 Å². The monoisotopic (exact) mass is 277 g/mol. The van der Waals surface area contributed by atoms with E-state index in [0.717, 1.165) is 36.6 Å². The first kappa shape index (κ1) is 12.8. The number of rotatable bonds is 2. The van der Waals surface area contributed by atoms with E-state index in [0.29, 0.717) is 5.92 Å². The number of hydrogen-bond donors (Lipinski definition) is 1. The molecule has 0 aromatic carbocycles. The first-order chi connectivity index (χ1) is 9.20. The number of aliphatic hydroxyl groups is 1. The van der Waals surface area contributed by atoms with Gasteiger partial charge in [0.15, 0.2) is 0 Å². The Hall–Kier alpha value is -1.20. The van der Waals surface area contributed by atoms with Crippen molar-refractivity contribution in [2.75, 3.05) is 24.6 Å². The molecular weight excluding hydrogens is 258 g/mol.